The number of benzene rings is 1. The van der Waals surface area contributed by atoms with E-state index in [0.717, 1.165) is 62.5 Å². The highest BCUT2D eigenvalue weighted by Crippen LogP contribution is 2.33. The van der Waals surface area contributed by atoms with Gasteiger partial charge in [0.1, 0.15) is 12.4 Å². The average Bonchev–Trinajstić information content (AvgIpc) is 3.01. The molecule has 2 aliphatic rings. The van der Waals surface area contributed by atoms with E-state index in [1.807, 2.05) is 18.2 Å². The Hall–Kier alpha value is -1.55. The number of hydrogen-bond donors (Lipinski definition) is 1. The Morgan fingerprint density at radius 3 is 3.15 bits per heavy atom. The molecule has 0 aliphatic carbocycles. The SMILES string of the molecule is CCCN1CCOc2ccc(C(=O)C3CCCN3)cc21. The van der Waals surface area contributed by atoms with E-state index >= 15 is 0 Å². The first-order valence-corrected chi connectivity index (χ1v) is 7.59. The van der Waals surface area contributed by atoms with E-state index in [4.69, 9.17) is 4.74 Å². The number of nitrogens with zero attached hydrogens (tertiary/aromatic N) is 1. The minimum atomic E-state index is -0.00261. The molecule has 1 atom stereocenters. The van der Waals surface area contributed by atoms with Crippen molar-refractivity contribution in [3.63, 3.8) is 0 Å². The van der Waals surface area contributed by atoms with Crippen LogP contribution >= 0.6 is 0 Å². The normalized spacial score (nSPS) is 21.4. The van der Waals surface area contributed by atoms with Crippen LogP contribution in [0.4, 0.5) is 5.69 Å². The molecule has 2 aliphatic heterocycles. The molecule has 108 valence electrons. The van der Waals surface area contributed by atoms with Crippen LogP contribution in [0.2, 0.25) is 0 Å². The third kappa shape index (κ3) is 2.52. The molecule has 0 bridgehead atoms. The van der Waals surface area contributed by atoms with Crippen LogP contribution in [0.5, 0.6) is 5.75 Å². The maximum Gasteiger partial charge on any atom is 0.179 e. The minimum Gasteiger partial charge on any atom is -0.490 e. The smallest absolute Gasteiger partial charge is 0.179 e. The van der Waals surface area contributed by atoms with Crippen LogP contribution in [0.1, 0.15) is 36.5 Å². The van der Waals surface area contributed by atoms with Crippen molar-refractivity contribution in [1.82, 2.24) is 5.32 Å². The van der Waals surface area contributed by atoms with Crippen LogP contribution in [-0.4, -0.2) is 38.1 Å². The van der Waals surface area contributed by atoms with Gasteiger partial charge in [0.25, 0.3) is 0 Å². The number of nitrogens with one attached hydrogen (secondary N) is 1. The van der Waals surface area contributed by atoms with E-state index in [-0.39, 0.29) is 11.8 Å². The van der Waals surface area contributed by atoms with Crippen molar-refractivity contribution in [2.45, 2.75) is 32.2 Å². The van der Waals surface area contributed by atoms with Crippen molar-refractivity contribution in [1.29, 1.82) is 0 Å². The quantitative estimate of drug-likeness (QED) is 0.855. The number of ketones is 1. The lowest BCUT2D eigenvalue weighted by molar-refractivity contribution is 0.0952. The molecule has 20 heavy (non-hydrogen) atoms. The topological polar surface area (TPSA) is 41.6 Å². The lowest BCUT2D eigenvalue weighted by atomic mass is 10.0. The summed E-state index contributed by atoms with van der Waals surface area (Å²) in [6, 6.07) is 5.85. The Labute approximate surface area is 120 Å². The summed E-state index contributed by atoms with van der Waals surface area (Å²) in [5.74, 6) is 1.12. The van der Waals surface area contributed by atoms with Crippen LogP contribution in [0, 0.1) is 0 Å². The number of anilines is 1. The van der Waals surface area contributed by atoms with Crippen molar-refractivity contribution >= 4 is 11.5 Å². The van der Waals surface area contributed by atoms with Gasteiger partial charge < -0.3 is 15.0 Å². The van der Waals surface area contributed by atoms with Gasteiger partial charge in [0.15, 0.2) is 5.78 Å². The minimum absolute atomic E-state index is 0.00261. The summed E-state index contributed by atoms with van der Waals surface area (Å²) >= 11 is 0. The molecule has 1 unspecified atom stereocenters. The second-order valence-electron chi connectivity index (χ2n) is 5.53. The van der Waals surface area contributed by atoms with Crippen LogP contribution in [0.25, 0.3) is 0 Å². The van der Waals surface area contributed by atoms with Gasteiger partial charge >= 0.3 is 0 Å². The zero-order chi connectivity index (χ0) is 13.9. The zero-order valence-corrected chi connectivity index (χ0v) is 12.0. The molecular formula is C16H22N2O2. The third-order valence-electron chi connectivity index (χ3n) is 4.07. The lowest BCUT2D eigenvalue weighted by Gasteiger charge is -2.31. The fourth-order valence-electron chi connectivity index (χ4n) is 3.04. The fraction of sp³-hybridized carbons (Fsp3) is 0.562. The first-order chi connectivity index (χ1) is 9.79. The summed E-state index contributed by atoms with van der Waals surface area (Å²) in [6.07, 6.45) is 3.14. The molecule has 1 saturated heterocycles. The molecule has 1 aromatic carbocycles. The van der Waals surface area contributed by atoms with E-state index < -0.39 is 0 Å². The number of rotatable bonds is 4. The molecule has 0 spiro atoms. The first kappa shape index (κ1) is 13.4. The van der Waals surface area contributed by atoms with E-state index in [9.17, 15) is 4.79 Å². The molecule has 0 saturated carbocycles. The second kappa shape index (κ2) is 5.83. The van der Waals surface area contributed by atoms with Crippen molar-refractivity contribution in [2.75, 3.05) is 31.1 Å². The van der Waals surface area contributed by atoms with Gasteiger partial charge in [0.05, 0.1) is 18.3 Å². The summed E-state index contributed by atoms with van der Waals surface area (Å²) in [6.45, 7) is 5.76. The van der Waals surface area contributed by atoms with Crippen molar-refractivity contribution in [3.8, 4) is 5.75 Å². The molecule has 1 fully saturated rings. The Balaban J connectivity index is 1.86. The molecule has 1 N–H and O–H groups in total. The first-order valence-electron chi connectivity index (χ1n) is 7.59. The van der Waals surface area contributed by atoms with Gasteiger partial charge in [0.2, 0.25) is 0 Å². The number of fused-ring (bicyclic) bond motifs is 1. The van der Waals surface area contributed by atoms with Gasteiger partial charge in [-0.15, -0.1) is 0 Å². The Morgan fingerprint density at radius 2 is 2.40 bits per heavy atom. The van der Waals surface area contributed by atoms with Crippen molar-refractivity contribution in [2.24, 2.45) is 0 Å². The molecular weight excluding hydrogens is 252 g/mol. The van der Waals surface area contributed by atoms with Gasteiger partial charge in [0, 0.05) is 12.1 Å². The molecule has 0 radical (unpaired) electrons. The summed E-state index contributed by atoms with van der Waals surface area (Å²) in [5, 5.41) is 3.28. The summed E-state index contributed by atoms with van der Waals surface area (Å²) in [7, 11) is 0. The Kier molecular flexibility index (Phi) is 3.92. The van der Waals surface area contributed by atoms with E-state index in [2.05, 4.69) is 17.1 Å². The van der Waals surface area contributed by atoms with Crippen LogP contribution in [0.15, 0.2) is 18.2 Å². The zero-order valence-electron chi connectivity index (χ0n) is 12.0. The molecule has 4 heteroatoms. The van der Waals surface area contributed by atoms with E-state index in [1.54, 1.807) is 0 Å². The maximum atomic E-state index is 12.5. The van der Waals surface area contributed by atoms with Gasteiger partial charge in [-0.25, -0.2) is 0 Å². The van der Waals surface area contributed by atoms with Crippen LogP contribution in [0.3, 0.4) is 0 Å². The van der Waals surface area contributed by atoms with E-state index in [0.29, 0.717) is 0 Å². The lowest BCUT2D eigenvalue weighted by Crippen LogP contribution is -2.34. The van der Waals surface area contributed by atoms with Crippen LogP contribution < -0.4 is 15.0 Å². The summed E-state index contributed by atoms with van der Waals surface area (Å²) in [4.78, 5) is 14.8. The maximum absolute atomic E-state index is 12.5. The number of Topliss-reactive ketones (excluding diaryl/α,β-unsaturated/α-hetero) is 1. The third-order valence-corrected chi connectivity index (χ3v) is 4.07. The van der Waals surface area contributed by atoms with Crippen molar-refractivity contribution in [3.05, 3.63) is 23.8 Å². The highest BCUT2D eigenvalue weighted by molar-refractivity contribution is 6.01. The average molecular weight is 274 g/mol. The van der Waals surface area contributed by atoms with Gasteiger partial charge in [-0.2, -0.15) is 0 Å². The largest absolute Gasteiger partial charge is 0.490 e. The second-order valence-corrected chi connectivity index (χ2v) is 5.53. The highest BCUT2D eigenvalue weighted by atomic mass is 16.5. The number of carbonyl (C=O) groups excluding carboxylic acids is 1. The van der Waals surface area contributed by atoms with Gasteiger partial charge in [-0.3, -0.25) is 4.79 Å². The number of carbonyl (C=O) groups is 1. The molecule has 2 heterocycles. The van der Waals surface area contributed by atoms with E-state index in [1.165, 1.54) is 0 Å². The van der Waals surface area contributed by atoms with Crippen molar-refractivity contribution < 1.29 is 9.53 Å². The Bertz CT molecular complexity index is 495. The molecule has 3 rings (SSSR count). The molecule has 0 aromatic heterocycles. The molecule has 4 nitrogen and oxygen atoms in total. The van der Waals surface area contributed by atoms with Gasteiger partial charge in [-0.1, -0.05) is 6.92 Å². The van der Waals surface area contributed by atoms with Gasteiger partial charge in [-0.05, 0) is 44.0 Å². The Morgan fingerprint density at radius 1 is 1.50 bits per heavy atom. The highest BCUT2D eigenvalue weighted by Gasteiger charge is 2.25. The monoisotopic (exact) mass is 274 g/mol. The predicted molar refractivity (Wildman–Crippen MR) is 79.8 cm³/mol. The molecule has 0 amide bonds. The summed E-state index contributed by atoms with van der Waals surface area (Å²) < 4.78 is 5.69. The standard InChI is InChI=1S/C16H22N2O2/c1-2-8-18-9-10-20-15-6-5-12(11-14(15)18)16(19)13-4-3-7-17-13/h5-6,11,13,17H,2-4,7-10H2,1H3. The molecule has 1 aromatic rings. The predicted octanol–water partition coefficient (Wildman–Crippen LogP) is 2.23. The fourth-order valence-corrected chi connectivity index (χ4v) is 3.04. The number of hydrogen-bond acceptors (Lipinski definition) is 4. The van der Waals surface area contributed by atoms with Crippen LogP contribution in [-0.2, 0) is 0 Å². The summed E-state index contributed by atoms with van der Waals surface area (Å²) in [5.41, 5.74) is 1.87. The number of ether oxygens (including phenoxy) is 1.